The molecule has 23 heavy (non-hydrogen) atoms. The Morgan fingerprint density at radius 2 is 2.00 bits per heavy atom. The summed E-state index contributed by atoms with van der Waals surface area (Å²) >= 11 is 7.18. The lowest BCUT2D eigenvalue weighted by Gasteiger charge is -2.32. The summed E-state index contributed by atoms with van der Waals surface area (Å²) in [6.45, 7) is 4.03. The smallest absolute Gasteiger partial charge is 0.263 e. The fraction of sp³-hybridized carbons (Fsp3) is 0.600. The SMILES string of the molecule is Cl.O=C(NCC1CNC1)C1CCN(C(=O)c2ccc(Cl)s2)CC1. The third kappa shape index (κ3) is 4.59. The van der Waals surface area contributed by atoms with Crippen LogP contribution in [0.4, 0.5) is 0 Å². The van der Waals surface area contributed by atoms with Gasteiger partial charge < -0.3 is 15.5 Å². The van der Waals surface area contributed by atoms with Crippen molar-refractivity contribution in [3.05, 3.63) is 21.3 Å². The van der Waals surface area contributed by atoms with Crippen LogP contribution in [0.25, 0.3) is 0 Å². The number of halogens is 2. The number of carbonyl (C=O) groups excluding carboxylic acids is 2. The first-order chi connectivity index (χ1) is 10.6. The van der Waals surface area contributed by atoms with Gasteiger partial charge in [0.25, 0.3) is 5.91 Å². The molecular weight excluding hydrogens is 357 g/mol. The minimum Gasteiger partial charge on any atom is -0.355 e. The summed E-state index contributed by atoms with van der Waals surface area (Å²) in [4.78, 5) is 27.0. The Labute approximate surface area is 151 Å². The molecule has 2 N–H and O–H groups in total. The molecule has 5 nitrogen and oxygen atoms in total. The van der Waals surface area contributed by atoms with Gasteiger partial charge in [-0.05, 0) is 25.0 Å². The van der Waals surface area contributed by atoms with Crippen molar-refractivity contribution in [3.8, 4) is 0 Å². The number of thiophene rings is 1. The number of likely N-dealkylation sites (tertiary alicyclic amines) is 1. The minimum atomic E-state index is 0. The molecule has 2 saturated heterocycles. The fourth-order valence-electron chi connectivity index (χ4n) is 2.81. The molecule has 1 aromatic heterocycles. The van der Waals surface area contributed by atoms with Gasteiger partial charge >= 0.3 is 0 Å². The zero-order valence-electron chi connectivity index (χ0n) is 12.7. The molecule has 0 atom stereocenters. The van der Waals surface area contributed by atoms with E-state index in [1.807, 2.05) is 4.90 Å². The molecule has 1 aromatic rings. The van der Waals surface area contributed by atoms with Gasteiger partial charge in [0.15, 0.2) is 0 Å². The lowest BCUT2D eigenvalue weighted by atomic mass is 9.95. The van der Waals surface area contributed by atoms with Crippen LogP contribution in [0, 0.1) is 11.8 Å². The van der Waals surface area contributed by atoms with E-state index in [1.54, 1.807) is 12.1 Å². The predicted molar refractivity (Wildman–Crippen MR) is 94.6 cm³/mol. The summed E-state index contributed by atoms with van der Waals surface area (Å²) in [5.74, 6) is 0.771. The first-order valence-corrected chi connectivity index (χ1v) is 8.86. The highest BCUT2D eigenvalue weighted by atomic mass is 35.5. The van der Waals surface area contributed by atoms with Gasteiger partial charge in [-0.2, -0.15) is 0 Å². The van der Waals surface area contributed by atoms with Gasteiger partial charge in [0.1, 0.15) is 0 Å². The molecule has 0 bridgehead atoms. The molecule has 3 rings (SSSR count). The molecule has 0 saturated carbocycles. The summed E-state index contributed by atoms with van der Waals surface area (Å²) in [6.07, 6.45) is 1.47. The molecule has 2 aliphatic rings. The van der Waals surface area contributed by atoms with Crippen LogP contribution in [-0.4, -0.2) is 49.4 Å². The maximum Gasteiger partial charge on any atom is 0.263 e. The average Bonchev–Trinajstić information content (AvgIpc) is 2.91. The Kier molecular flexibility index (Phi) is 6.71. The second-order valence-electron chi connectivity index (χ2n) is 5.94. The maximum absolute atomic E-state index is 12.3. The highest BCUT2D eigenvalue weighted by molar-refractivity contribution is 7.17. The Morgan fingerprint density at radius 3 is 2.52 bits per heavy atom. The number of rotatable bonds is 4. The summed E-state index contributed by atoms with van der Waals surface area (Å²) < 4.78 is 0.628. The Morgan fingerprint density at radius 1 is 1.30 bits per heavy atom. The normalized spacial score (nSPS) is 18.9. The third-order valence-corrected chi connectivity index (χ3v) is 5.59. The van der Waals surface area contributed by atoms with E-state index in [2.05, 4.69) is 10.6 Å². The number of nitrogens with zero attached hydrogens (tertiary/aromatic N) is 1. The summed E-state index contributed by atoms with van der Waals surface area (Å²) in [5.41, 5.74) is 0. The van der Waals surface area contributed by atoms with Crippen molar-refractivity contribution in [1.29, 1.82) is 0 Å². The van der Waals surface area contributed by atoms with Gasteiger partial charge in [0.05, 0.1) is 9.21 Å². The summed E-state index contributed by atoms with van der Waals surface area (Å²) in [6, 6.07) is 3.51. The van der Waals surface area contributed by atoms with Gasteiger partial charge in [0.2, 0.25) is 5.91 Å². The monoisotopic (exact) mass is 377 g/mol. The predicted octanol–water partition coefficient (Wildman–Crippen LogP) is 2.01. The number of nitrogens with one attached hydrogen (secondary N) is 2. The van der Waals surface area contributed by atoms with E-state index in [0.717, 1.165) is 32.5 Å². The molecule has 0 aliphatic carbocycles. The molecule has 0 unspecified atom stereocenters. The lowest BCUT2D eigenvalue weighted by Crippen LogP contribution is -2.50. The summed E-state index contributed by atoms with van der Waals surface area (Å²) in [7, 11) is 0. The topological polar surface area (TPSA) is 61.4 Å². The van der Waals surface area contributed by atoms with Gasteiger partial charge in [-0.3, -0.25) is 9.59 Å². The Balaban J connectivity index is 0.00000192. The second-order valence-corrected chi connectivity index (χ2v) is 7.65. The number of piperidine rings is 1. The van der Waals surface area contributed by atoms with Crippen LogP contribution in [-0.2, 0) is 4.79 Å². The van der Waals surface area contributed by atoms with Crippen LogP contribution < -0.4 is 10.6 Å². The van der Waals surface area contributed by atoms with E-state index in [1.165, 1.54) is 11.3 Å². The fourth-order valence-corrected chi connectivity index (χ4v) is 3.82. The van der Waals surface area contributed by atoms with Gasteiger partial charge in [0, 0.05) is 44.6 Å². The first-order valence-electron chi connectivity index (χ1n) is 7.66. The zero-order valence-corrected chi connectivity index (χ0v) is 15.1. The number of hydrogen-bond acceptors (Lipinski definition) is 4. The molecule has 0 aromatic carbocycles. The van der Waals surface area contributed by atoms with Crippen molar-refractivity contribution < 1.29 is 9.59 Å². The Hall–Kier alpha value is -0.820. The van der Waals surface area contributed by atoms with Gasteiger partial charge in [-0.25, -0.2) is 0 Å². The number of hydrogen-bond donors (Lipinski definition) is 2. The van der Waals surface area contributed by atoms with Crippen LogP contribution in [0.3, 0.4) is 0 Å². The van der Waals surface area contributed by atoms with E-state index in [0.29, 0.717) is 28.2 Å². The zero-order chi connectivity index (χ0) is 15.5. The average molecular weight is 378 g/mol. The highest BCUT2D eigenvalue weighted by Gasteiger charge is 2.29. The molecule has 2 fully saturated rings. The third-order valence-electron chi connectivity index (χ3n) is 4.37. The van der Waals surface area contributed by atoms with E-state index in [9.17, 15) is 9.59 Å². The number of amides is 2. The second kappa shape index (κ2) is 8.33. The molecule has 3 heterocycles. The van der Waals surface area contributed by atoms with E-state index >= 15 is 0 Å². The highest BCUT2D eigenvalue weighted by Crippen LogP contribution is 2.25. The quantitative estimate of drug-likeness (QED) is 0.843. The van der Waals surface area contributed by atoms with Crippen molar-refractivity contribution in [3.63, 3.8) is 0 Å². The van der Waals surface area contributed by atoms with E-state index in [-0.39, 0.29) is 30.1 Å². The molecule has 0 radical (unpaired) electrons. The molecule has 8 heteroatoms. The molecule has 2 aliphatic heterocycles. The maximum atomic E-state index is 12.3. The van der Waals surface area contributed by atoms with E-state index in [4.69, 9.17) is 11.6 Å². The van der Waals surface area contributed by atoms with Crippen molar-refractivity contribution in [2.75, 3.05) is 32.7 Å². The molecule has 0 spiro atoms. The standard InChI is InChI=1S/C15H20ClN3O2S.ClH/c16-13-2-1-12(22-13)15(21)19-5-3-11(4-6-19)14(20)18-9-10-7-17-8-10;/h1-2,10-11,17H,3-9H2,(H,18,20);1H. The van der Waals surface area contributed by atoms with Crippen molar-refractivity contribution in [2.45, 2.75) is 12.8 Å². The van der Waals surface area contributed by atoms with Crippen LogP contribution in [0.5, 0.6) is 0 Å². The van der Waals surface area contributed by atoms with Crippen molar-refractivity contribution in [1.82, 2.24) is 15.5 Å². The van der Waals surface area contributed by atoms with Crippen molar-refractivity contribution in [2.24, 2.45) is 11.8 Å². The van der Waals surface area contributed by atoms with Gasteiger partial charge in [-0.1, -0.05) is 11.6 Å². The van der Waals surface area contributed by atoms with Crippen LogP contribution in [0.15, 0.2) is 12.1 Å². The number of carbonyl (C=O) groups is 2. The lowest BCUT2D eigenvalue weighted by molar-refractivity contribution is -0.126. The van der Waals surface area contributed by atoms with Crippen LogP contribution in [0.1, 0.15) is 22.5 Å². The minimum absolute atomic E-state index is 0. The molecular formula is C15H21Cl2N3O2S. The van der Waals surface area contributed by atoms with Crippen LogP contribution in [0.2, 0.25) is 4.34 Å². The molecule has 2 amide bonds. The largest absolute Gasteiger partial charge is 0.355 e. The van der Waals surface area contributed by atoms with Crippen LogP contribution >= 0.6 is 35.3 Å². The first kappa shape index (κ1) is 18.5. The van der Waals surface area contributed by atoms with E-state index < -0.39 is 0 Å². The Bertz CT molecular complexity index is 555. The van der Waals surface area contributed by atoms with Gasteiger partial charge in [-0.15, -0.1) is 23.7 Å². The summed E-state index contributed by atoms with van der Waals surface area (Å²) in [5, 5.41) is 6.23. The molecule has 128 valence electrons. The van der Waals surface area contributed by atoms with Crippen molar-refractivity contribution >= 4 is 47.2 Å².